The third kappa shape index (κ3) is 3.30. The summed E-state index contributed by atoms with van der Waals surface area (Å²) in [5, 5.41) is 9.93. The van der Waals surface area contributed by atoms with Crippen LogP contribution in [0.1, 0.15) is 17.3 Å². The van der Waals surface area contributed by atoms with Gasteiger partial charge in [0.15, 0.2) is 0 Å². The Bertz CT molecular complexity index is 594. The van der Waals surface area contributed by atoms with Crippen molar-refractivity contribution in [3.63, 3.8) is 0 Å². The van der Waals surface area contributed by atoms with Gasteiger partial charge in [0.25, 0.3) is 5.91 Å². The normalized spacial score (nSPS) is 21.6. The number of aliphatic carboxylic acids is 1. The molecule has 0 radical (unpaired) electrons. The first-order valence-corrected chi connectivity index (χ1v) is 8.38. The van der Waals surface area contributed by atoms with Crippen LogP contribution in [0.15, 0.2) is 17.0 Å². The highest BCUT2D eigenvalue weighted by Gasteiger charge is 2.37. The predicted octanol–water partition coefficient (Wildman–Crippen LogP) is 3.51. The van der Waals surface area contributed by atoms with Crippen LogP contribution >= 0.6 is 35.0 Å². The number of carboxylic acids is 1. The number of hydrogen-bond acceptors (Lipinski definition) is 3. The maximum atomic E-state index is 12.6. The van der Waals surface area contributed by atoms with Crippen molar-refractivity contribution in [2.75, 3.05) is 19.3 Å². The zero-order valence-corrected chi connectivity index (χ0v) is 13.9. The van der Waals surface area contributed by atoms with Crippen molar-refractivity contribution in [1.82, 2.24) is 4.90 Å². The Kier molecular flexibility index (Phi) is 5.07. The van der Waals surface area contributed by atoms with Crippen molar-refractivity contribution in [1.29, 1.82) is 0 Å². The molecule has 1 fully saturated rings. The average Bonchev–Trinajstić information content (AvgIpc) is 2.80. The van der Waals surface area contributed by atoms with Gasteiger partial charge in [0.05, 0.1) is 21.5 Å². The zero-order chi connectivity index (χ0) is 15.7. The topological polar surface area (TPSA) is 57.6 Å². The highest BCUT2D eigenvalue weighted by molar-refractivity contribution is 7.98. The van der Waals surface area contributed by atoms with Gasteiger partial charge in [-0.05, 0) is 24.3 Å². The van der Waals surface area contributed by atoms with Crippen LogP contribution in [-0.4, -0.2) is 41.2 Å². The molecular weight excluding hydrogens is 333 g/mol. The molecule has 0 aliphatic carbocycles. The molecule has 0 bridgehead atoms. The zero-order valence-electron chi connectivity index (χ0n) is 11.6. The number of carbonyl (C=O) groups is 2. The third-order valence-corrected chi connectivity index (χ3v) is 5.20. The van der Waals surface area contributed by atoms with E-state index in [4.69, 9.17) is 28.3 Å². The van der Waals surface area contributed by atoms with Crippen molar-refractivity contribution in [3.8, 4) is 0 Å². The van der Waals surface area contributed by atoms with E-state index >= 15 is 0 Å². The molecule has 4 nitrogen and oxygen atoms in total. The minimum Gasteiger partial charge on any atom is -0.481 e. The van der Waals surface area contributed by atoms with E-state index in [1.165, 1.54) is 11.8 Å². The number of rotatable bonds is 3. The number of nitrogens with zero attached hydrogens (tertiary/aromatic N) is 1. The molecule has 2 atom stereocenters. The fourth-order valence-corrected chi connectivity index (χ4v) is 3.66. The molecule has 114 valence electrons. The quantitative estimate of drug-likeness (QED) is 0.850. The summed E-state index contributed by atoms with van der Waals surface area (Å²) in [6.07, 6.45) is 1.86. The van der Waals surface area contributed by atoms with E-state index in [0.29, 0.717) is 17.1 Å². The summed E-state index contributed by atoms with van der Waals surface area (Å²) in [4.78, 5) is 26.0. The molecule has 1 heterocycles. The Hall–Kier alpha value is -0.910. The van der Waals surface area contributed by atoms with Crippen LogP contribution in [0.5, 0.6) is 0 Å². The van der Waals surface area contributed by atoms with Gasteiger partial charge in [0, 0.05) is 18.0 Å². The molecule has 0 saturated carbocycles. The standard InChI is InChI=1S/C14H15Cl2NO3S/c1-7-5-17(6-9(7)14(19)20)13(18)8-3-12(21-2)11(16)4-10(8)15/h3-4,7,9H,5-6H2,1-2H3,(H,19,20)/t7-,9-/m1/s1. The van der Waals surface area contributed by atoms with Gasteiger partial charge in [-0.2, -0.15) is 0 Å². The summed E-state index contributed by atoms with van der Waals surface area (Å²) in [7, 11) is 0. The van der Waals surface area contributed by atoms with Gasteiger partial charge in [0.2, 0.25) is 0 Å². The summed E-state index contributed by atoms with van der Waals surface area (Å²) in [5.41, 5.74) is 0.364. The lowest BCUT2D eigenvalue weighted by Crippen LogP contribution is -2.30. The Balaban J connectivity index is 2.27. The molecule has 0 unspecified atom stereocenters. The minimum absolute atomic E-state index is 0.0717. The van der Waals surface area contributed by atoms with Gasteiger partial charge in [-0.1, -0.05) is 30.1 Å². The van der Waals surface area contributed by atoms with E-state index in [2.05, 4.69) is 0 Å². The fourth-order valence-electron chi connectivity index (χ4n) is 2.47. The number of hydrogen-bond donors (Lipinski definition) is 1. The average molecular weight is 348 g/mol. The van der Waals surface area contributed by atoms with Crippen LogP contribution in [0.25, 0.3) is 0 Å². The predicted molar refractivity (Wildman–Crippen MR) is 84.4 cm³/mol. The molecule has 1 amide bonds. The Morgan fingerprint density at radius 1 is 1.29 bits per heavy atom. The molecule has 0 aromatic heterocycles. The molecule has 1 saturated heterocycles. The smallest absolute Gasteiger partial charge is 0.308 e. The van der Waals surface area contributed by atoms with Crippen LogP contribution in [0.3, 0.4) is 0 Å². The third-order valence-electron chi connectivity index (χ3n) is 3.69. The SMILES string of the molecule is CSc1cc(C(=O)N2C[C@@H](C)[C@H](C(=O)O)C2)c(Cl)cc1Cl. The first-order chi connectivity index (χ1) is 9.85. The van der Waals surface area contributed by atoms with Gasteiger partial charge < -0.3 is 10.0 Å². The molecule has 1 aromatic carbocycles. The largest absolute Gasteiger partial charge is 0.481 e. The summed E-state index contributed by atoms with van der Waals surface area (Å²) in [6.45, 7) is 2.47. The summed E-state index contributed by atoms with van der Waals surface area (Å²) in [6, 6.07) is 3.22. The number of benzene rings is 1. The Morgan fingerprint density at radius 3 is 2.48 bits per heavy atom. The number of carbonyl (C=O) groups excluding carboxylic acids is 1. The minimum atomic E-state index is -0.871. The van der Waals surface area contributed by atoms with Crippen molar-refractivity contribution < 1.29 is 14.7 Å². The van der Waals surface area contributed by atoms with Gasteiger partial charge in [0.1, 0.15) is 0 Å². The summed E-state index contributed by atoms with van der Waals surface area (Å²) >= 11 is 13.6. The van der Waals surface area contributed by atoms with E-state index in [0.717, 1.165) is 4.90 Å². The maximum absolute atomic E-state index is 12.6. The van der Waals surface area contributed by atoms with Gasteiger partial charge in [-0.25, -0.2) is 0 Å². The number of likely N-dealkylation sites (tertiary alicyclic amines) is 1. The van der Waals surface area contributed by atoms with Gasteiger partial charge >= 0.3 is 5.97 Å². The van der Waals surface area contributed by atoms with Crippen LogP contribution in [0.2, 0.25) is 10.0 Å². The Labute approximate surface area is 137 Å². The summed E-state index contributed by atoms with van der Waals surface area (Å²) in [5.74, 6) is -1.72. The molecule has 0 spiro atoms. The van der Waals surface area contributed by atoms with Crippen LogP contribution in [-0.2, 0) is 4.79 Å². The lowest BCUT2D eigenvalue weighted by Gasteiger charge is -2.17. The van der Waals surface area contributed by atoms with Crippen LogP contribution in [0, 0.1) is 11.8 Å². The van der Waals surface area contributed by atoms with E-state index in [1.807, 2.05) is 13.2 Å². The van der Waals surface area contributed by atoms with E-state index in [9.17, 15) is 9.59 Å². The second-order valence-corrected chi connectivity index (χ2v) is 6.76. The van der Waals surface area contributed by atoms with E-state index < -0.39 is 11.9 Å². The number of thioether (sulfide) groups is 1. The second kappa shape index (κ2) is 6.46. The molecule has 21 heavy (non-hydrogen) atoms. The fraction of sp³-hybridized carbons (Fsp3) is 0.429. The van der Waals surface area contributed by atoms with Crippen LogP contribution < -0.4 is 0 Å². The van der Waals surface area contributed by atoms with Crippen molar-refractivity contribution >= 4 is 46.8 Å². The Morgan fingerprint density at radius 2 is 1.95 bits per heavy atom. The molecular formula is C14H15Cl2NO3S. The highest BCUT2D eigenvalue weighted by atomic mass is 35.5. The van der Waals surface area contributed by atoms with Crippen molar-refractivity contribution in [2.45, 2.75) is 11.8 Å². The highest BCUT2D eigenvalue weighted by Crippen LogP contribution is 2.33. The first-order valence-electron chi connectivity index (χ1n) is 6.40. The monoisotopic (exact) mass is 347 g/mol. The molecule has 1 aliphatic heterocycles. The van der Waals surface area contributed by atoms with E-state index in [1.54, 1.807) is 17.0 Å². The molecule has 2 rings (SSSR count). The van der Waals surface area contributed by atoms with Gasteiger partial charge in [-0.3, -0.25) is 9.59 Å². The van der Waals surface area contributed by atoms with Crippen molar-refractivity contribution in [3.05, 3.63) is 27.7 Å². The number of carboxylic acid groups (broad SMARTS) is 1. The lowest BCUT2D eigenvalue weighted by molar-refractivity contribution is -0.142. The van der Waals surface area contributed by atoms with Crippen LogP contribution in [0.4, 0.5) is 0 Å². The maximum Gasteiger partial charge on any atom is 0.308 e. The summed E-state index contributed by atoms with van der Waals surface area (Å²) < 4.78 is 0. The molecule has 1 N–H and O–H groups in total. The van der Waals surface area contributed by atoms with E-state index in [-0.39, 0.29) is 23.4 Å². The molecule has 7 heteroatoms. The number of amides is 1. The number of halogens is 2. The first kappa shape index (κ1) is 16.5. The second-order valence-electron chi connectivity index (χ2n) is 5.10. The van der Waals surface area contributed by atoms with Gasteiger partial charge in [-0.15, -0.1) is 11.8 Å². The molecule has 1 aromatic rings. The molecule has 1 aliphatic rings. The lowest BCUT2D eigenvalue weighted by atomic mass is 9.99. The van der Waals surface area contributed by atoms with Crippen molar-refractivity contribution in [2.24, 2.45) is 11.8 Å².